The Balaban J connectivity index is 2.03. The van der Waals surface area contributed by atoms with Crippen LogP contribution in [-0.4, -0.2) is 22.8 Å². The number of carbonyl (C=O) groups excluding carboxylic acids is 2. The standard InChI is InChI=1S/C27H33N3O2/c1-5-10-24(31)30(23-16-14-21(15-17-23)27(2,3)4)25(20-11-9-18-28-19-20)26(32)29-22-12-7-6-8-13-22/h9,11,14-19,22,25H,6-8,12-13H2,1-4H3,(H,29,32). The molecule has 1 aromatic heterocycles. The third-order valence-corrected chi connectivity index (χ3v) is 5.92. The van der Waals surface area contributed by atoms with Crippen LogP contribution in [0.15, 0.2) is 48.8 Å². The molecule has 0 bridgehead atoms. The van der Waals surface area contributed by atoms with Gasteiger partial charge in [-0.25, -0.2) is 0 Å². The molecule has 168 valence electrons. The first-order chi connectivity index (χ1) is 15.3. The van der Waals surface area contributed by atoms with E-state index in [9.17, 15) is 9.59 Å². The van der Waals surface area contributed by atoms with Crippen LogP contribution in [0.4, 0.5) is 5.69 Å². The molecule has 1 saturated carbocycles. The van der Waals surface area contributed by atoms with Gasteiger partial charge in [0.2, 0.25) is 5.91 Å². The van der Waals surface area contributed by atoms with Crippen molar-refractivity contribution >= 4 is 17.5 Å². The number of amides is 2. The highest BCUT2D eigenvalue weighted by molar-refractivity contribution is 6.10. The van der Waals surface area contributed by atoms with Gasteiger partial charge in [-0.2, -0.15) is 0 Å². The fourth-order valence-electron chi connectivity index (χ4n) is 4.16. The lowest BCUT2D eigenvalue weighted by Crippen LogP contribution is -2.47. The lowest BCUT2D eigenvalue weighted by Gasteiger charge is -2.32. The summed E-state index contributed by atoms with van der Waals surface area (Å²) in [5, 5.41) is 3.19. The minimum absolute atomic E-state index is 0.0162. The molecule has 5 heteroatoms. The average Bonchev–Trinajstić information content (AvgIpc) is 2.78. The van der Waals surface area contributed by atoms with E-state index in [0.717, 1.165) is 31.2 Å². The van der Waals surface area contributed by atoms with Crippen LogP contribution in [0.5, 0.6) is 0 Å². The van der Waals surface area contributed by atoms with Crippen molar-refractivity contribution in [2.24, 2.45) is 0 Å². The maximum atomic E-state index is 13.6. The molecule has 1 aromatic carbocycles. The first-order valence-electron chi connectivity index (χ1n) is 11.4. The second-order valence-electron chi connectivity index (χ2n) is 9.38. The molecule has 0 radical (unpaired) electrons. The second-order valence-corrected chi connectivity index (χ2v) is 9.38. The van der Waals surface area contributed by atoms with E-state index in [1.807, 2.05) is 30.3 Å². The molecule has 1 N–H and O–H groups in total. The molecule has 1 aliphatic carbocycles. The van der Waals surface area contributed by atoms with Crippen molar-refractivity contribution in [3.05, 3.63) is 59.9 Å². The second kappa shape index (κ2) is 10.5. The first kappa shape index (κ1) is 23.5. The number of carbonyl (C=O) groups is 2. The molecule has 0 spiro atoms. The Morgan fingerprint density at radius 3 is 2.34 bits per heavy atom. The normalized spacial score (nSPS) is 15.2. The third kappa shape index (κ3) is 5.76. The molecule has 1 aliphatic rings. The fraction of sp³-hybridized carbons (Fsp3) is 0.444. The quantitative estimate of drug-likeness (QED) is 0.683. The van der Waals surface area contributed by atoms with Gasteiger partial charge in [-0.15, -0.1) is 0 Å². The SMILES string of the molecule is CC#CC(=O)N(c1ccc(C(C)(C)C)cc1)C(C(=O)NC1CCCCC1)c1cccnc1. The van der Waals surface area contributed by atoms with Crippen LogP contribution in [0.1, 0.15) is 77.0 Å². The van der Waals surface area contributed by atoms with Gasteiger partial charge in [0.25, 0.3) is 0 Å². The summed E-state index contributed by atoms with van der Waals surface area (Å²) in [6, 6.07) is 10.7. The van der Waals surface area contributed by atoms with E-state index in [1.165, 1.54) is 11.3 Å². The summed E-state index contributed by atoms with van der Waals surface area (Å²) >= 11 is 0. The fourth-order valence-corrected chi connectivity index (χ4v) is 4.16. The number of hydrogen-bond acceptors (Lipinski definition) is 3. The van der Waals surface area contributed by atoms with Gasteiger partial charge in [-0.1, -0.05) is 64.2 Å². The van der Waals surface area contributed by atoms with E-state index in [2.05, 4.69) is 42.9 Å². The molecule has 1 unspecified atom stereocenters. The van der Waals surface area contributed by atoms with E-state index in [1.54, 1.807) is 25.4 Å². The molecule has 2 amide bonds. The number of benzene rings is 1. The van der Waals surface area contributed by atoms with Gasteiger partial charge in [0.05, 0.1) is 0 Å². The van der Waals surface area contributed by atoms with Crippen LogP contribution in [-0.2, 0) is 15.0 Å². The van der Waals surface area contributed by atoms with Gasteiger partial charge in [-0.3, -0.25) is 19.5 Å². The van der Waals surface area contributed by atoms with Crippen LogP contribution in [0, 0.1) is 11.8 Å². The number of rotatable bonds is 5. The van der Waals surface area contributed by atoms with Crippen molar-refractivity contribution in [1.82, 2.24) is 10.3 Å². The molecule has 1 atom stereocenters. The van der Waals surface area contributed by atoms with Crippen LogP contribution in [0.25, 0.3) is 0 Å². The van der Waals surface area contributed by atoms with Crippen molar-refractivity contribution in [3.8, 4) is 11.8 Å². The molecule has 3 rings (SSSR count). The van der Waals surface area contributed by atoms with Crippen molar-refractivity contribution in [2.75, 3.05) is 4.90 Å². The highest BCUT2D eigenvalue weighted by Crippen LogP contribution is 2.31. The predicted molar refractivity (Wildman–Crippen MR) is 128 cm³/mol. The predicted octanol–water partition coefficient (Wildman–Crippen LogP) is 4.93. The minimum atomic E-state index is -0.848. The van der Waals surface area contributed by atoms with Crippen LogP contribution in [0.2, 0.25) is 0 Å². The number of anilines is 1. The highest BCUT2D eigenvalue weighted by atomic mass is 16.2. The third-order valence-electron chi connectivity index (χ3n) is 5.92. The molecule has 2 aromatic rings. The van der Waals surface area contributed by atoms with Gasteiger partial charge >= 0.3 is 5.91 Å². The number of nitrogens with one attached hydrogen (secondary N) is 1. The van der Waals surface area contributed by atoms with Crippen molar-refractivity contribution in [1.29, 1.82) is 0 Å². The summed E-state index contributed by atoms with van der Waals surface area (Å²) < 4.78 is 0. The topological polar surface area (TPSA) is 62.3 Å². The Hall–Kier alpha value is -3.13. The van der Waals surface area contributed by atoms with Gasteiger partial charge < -0.3 is 5.32 Å². The molecular weight excluding hydrogens is 398 g/mol. The number of pyridine rings is 1. The lowest BCUT2D eigenvalue weighted by molar-refractivity contribution is -0.125. The van der Waals surface area contributed by atoms with Crippen molar-refractivity contribution in [2.45, 2.75) is 77.3 Å². The van der Waals surface area contributed by atoms with Crippen LogP contribution < -0.4 is 10.2 Å². The zero-order valence-electron chi connectivity index (χ0n) is 19.5. The van der Waals surface area contributed by atoms with E-state index in [-0.39, 0.29) is 17.4 Å². The Morgan fingerprint density at radius 1 is 1.09 bits per heavy atom. The van der Waals surface area contributed by atoms with Gasteiger partial charge in [-0.05, 0) is 54.9 Å². The molecular formula is C27H33N3O2. The van der Waals surface area contributed by atoms with Crippen molar-refractivity contribution in [3.63, 3.8) is 0 Å². The first-order valence-corrected chi connectivity index (χ1v) is 11.4. The number of nitrogens with zero attached hydrogens (tertiary/aromatic N) is 2. The maximum Gasteiger partial charge on any atom is 0.303 e. The minimum Gasteiger partial charge on any atom is -0.351 e. The summed E-state index contributed by atoms with van der Waals surface area (Å²) in [5.74, 6) is 4.71. The summed E-state index contributed by atoms with van der Waals surface area (Å²) in [5.41, 5.74) is 2.43. The largest absolute Gasteiger partial charge is 0.351 e. The highest BCUT2D eigenvalue weighted by Gasteiger charge is 2.34. The summed E-state index contributed by atoms with van der Waals surface area (Å²) in [7, 11) is 0. The molecule has 32 heavy (non-hydrogen) atoms. The number of hydrogen-bond donors (Lipinski definition) is 1. The monoisotopic (exact) mass is 431 g/mol. The van der Waals surface area contributed by atoms with Gasteiger partial charge in [0, 0.05) is 29.7 Å². The molecule has 5 nitrogen and oxygen atoms in total. The molecule has 1 fully saturated rings. The Bertz CT molecular complexity index is 976. The van der Waals surface area contributed by atoms with Gasteiger partial charge in [0.15, 0.2) is 0 Å². The van der Waals surface area contributed by atoms with E-state index < -0.39 is 11.9 Å². The number of aromatic nitrogens is 1. The van der Waals surface area contributed by atoms with Crippen LogP contribution in [0.3, 0.4) is 0 Å². The lowest BCUT2D eigenvalue weighted by atomic mass is 9.87. The molecule has 0 saturated heterocycles. The Morgan fingerprint density at radius 2 is 1.78 bits per heavy atom. The summed E-state index contributed by atoms with van der Waals surface area (Å²) in [6.07, 6.45) is 8.67. The van der Waals surface area contributed by atoms with E-state index >= 15 is 0 Å². The van der Waals surface area contributed by atoms with E-state index in [0.29, 0.717) is 11.3 Å². The average molecular weight is 432 g/mol. The van der Waals surface area contributed by atoms with E-state index in [4.69, 9.17) is 0 Å². The van der Waals surface area contributed by atoms with Crippen molar-refractivity contribution < 1.29 is 9.59 Å². The molecule has 0 aliphatic heterocycles. The smallest absolute Gasteiger partial charge is 0.303 e. The maximum absolute atomic E-state index is 13.6. The molecule has 1 heterocycles. The Kier molecular flexibility index (Phi) is 7.69. The summed E-state index contributed by atoms with van der Waals surface area (Å²) in [4.78, 5) is 32.5. The summed E-state index contributed by atoms with van der Waals surface area (Å²) in [6.45, 7) is 8.05. The zero-order chi connectivity index (χ0) is 23.1. The van der Waals surface area contributed by atoms with Gasteiger partial charge in [0.1, 0.15) is 6.04 Å². The Labute approximate surface area is 191 Å². The van der Waals surface area contributed by atoms with Crippen LogP contribution >= 0.6 is 0 Å². The zero-order valence-corrected chi connectivity index (χ0v) is 19.5.